The van der Waals surface area contributed by atoms with Crippen LogP contribution in [0.1, 0.15) is 17.5 Å². The number of nitrogens with zero attached hydrogens (tertiary/aromatic N) is 2. The van der Waals surface area contributed by atoms with Gasteiger partial charge in [0, 0.05) is 33.2 Å². The van der Waals surface area contributed by atoms with Crippen LogP contribution in [0.2, 0.25) is 0 Å². The minimum absolute atomic E-state index is 0.602. The zero-order valence-electron chi connectivity index (χ0n) is 11.0. The second-order valence-electron chi connectivity index (χ2n) is 5.12. The van der Waals surface area contributed by atoms with Crippen LogP contribution in [-0.4, -0.2) is 21.7 Å². The van der Waals surface area contributed by atoms with Gasteiger partial charge in [-0.25, -0.2) is 9.19 Å². The van der Waals surface area contributed by atoms with Gasteiger partial charge in [-0.15, -0.1) is 11.3 Å². The number of thiazole rings is 1. The number of aromatic nitrogens is 1. The maximum absolute atomic E-state index is 11.7. The fourth-order valence-electron chi connectivity index (χ4n) is 2.36. The van der Waals surface area contributed by atoms with Crippen LogP contribution in [0.15, 0.2) is 27.9 Å². The molecule has 0 unspecified atom stereocenters. The topological polar surface area (TPSA) is 42.3 Å². The lowest BCUT2D eigenvalue weighted by Crippen LogP contribution is -1.88. The first-order valence-electron chi connectivity index (χ1n) is 6.26. The van der Waals surface area contributed by atoms with E-state index in [1.807, 2.05) is 5.38 Å². The van der Waals surface area contributed by atoms with E-state index in [1.165, 1.54) is 41.7 Å². The van der Waals surface area contributed by atoms with Crippen LogP contribution in [0.4, 0.5) is 5.13 Å². The number of hydrogen-bond acceptors (Lipinski definition) is 4. The largest absolute Gasteiger partial charge is 0.250 e. The van der Waals surface area contributed by atoms with Gasteiger partial charge >= 0.3 is 0 Å². The van der Waals surface area contributed by atoms with Crippen molar-refractivity contribution in [3.63, 3.8) is 0 Å². The van der Waals surface area contributed by atoms with E-state index >= 15 is 0 Å². The first-order chi connectivity index (χ1) is 9.01. The van der Waals surface area contributed by atoms with Gasteiger partial charge in [0.2, 0.25) is 5.13 Å². The monoisotopic (exact) mass is 292 g/mol. The van der Waals surface area contributed by atoms with E-state index in [1.54, 1.807) is 12.5 Å². The highest BCUT2D eigenvalue weighted by Gasteiger charge is 2.12. The Labute approximate surface area is 117 Å². The van der Waals surface area contributed by atoms with Gasteiger partial charge in [0.15, 0.2) is 0 Å². The summed E-state index contributed by atoms with van der Waals surface area (Å²) in [5.74, 6) is 0. The Balaban J connectivity index is 1.97. The molecule has 3 rings (SSSR count). The number of rotatable bonds is 2. The van der Waals surface area contributed by atoms with Crippen molar-refractivity contribution in [1.82, 2.24) is 4.98 Å². The summed E-state index contributed by atoms with van der Waals surface area (Å²) in [6.07, 6.45) is 6.88. The fraction of sp³-hybridized carbons (Fsp3) is 0.357. The first kappa shape index (κ1) is 12.8. The van der Waals surface area contributed by atoms with Crippen LogP contribution in [0.5, 0.6) is 0 Å². The zero-order chi connectivity index (χ0) is 13.5. The zero-order valence-corrected chi connectivity index (χ0v) is 12.7. The maximum atomic E-state index is 11.7. The molecule has 0 radical (unpaired) electrons. The maximum Gasteiger partial charge on any atom is 0.218 e. The molecule has 0 amide bonds. The molecular formula is C14H16N2OS2. The molecule has 0 saturated carbocycles. The predicted molar refractivity (Wildman–Crippen MR) is 81.7 cm³/mol. The summed E-state index contributed by atoms with van der Waals surface area (Å²) >= 11 is 1.45. The summed E-state index contributed by atoms with van der Waals surface area (Å²) in [6, 6.07) is 6.56. The molecule has 1 aromatic carbocycles. The molecule has 0 spiro atoms. The van der Waals surface area contributed by atoms with Gasteiger partial charge in [0.05, 0.1) is 5.69 Å². The molecule has 1 heterocycles. The van der Waals surface area contributed by atoms with E-state index in [2.05, 4.69) is 27.5 Å². The molecule has 1 aromatic heterocycles. The van der Waals surface area contributed by atoms with Crippen molar-refractivity contribution < 1.29 is 4.21 Å². The van der Waals surface area contributed by atoms with Crippen LogP contribution in [-0.2, 0) is 22.6 Å². The quantitative estimate of drug-likeness (QED) is 0.847. The highest BCUT2D eigenvalue weighted by Crippen LogP contribution is 2.31. The Morgan fingerprint density at radius 2 is 2.05 bits per heavy atom. The molecule has 1 aliphatic rings. The normalized spacial score (nSPS) is 14.4. The molecular weight excluding hydrogens is 276 g/mol. The molecule has 0 saturated heterocycles. The lowest BCUT2D eigenvalue weighted by molar-refractivity contribution is 0.684. The summed E-state index contributed by atoms with van der Waals surface area (Å²) in [7, 11) is -2.13. The minimum atomic E-state index is -2.13. The Bertz CT molecular complexity index is 732. The van der Waals surface area contributed by atoms with Crippen LogP contribution in [0.25, 0.3) is 11.3 Å². The molecule has 100 valence electrons. The molecule has 0 fully saturated rings. The average Bonchev–Trinajstić information content (AvgIpc) is 2.93. The molecule has 0 aliphatic heterocycles. The third-order valence-electron chi connectivity index (χ3n) is 3.18. The summed E-state index contributed by atoms with van der Waals surface area (Å²) in [4.78, 5) is 4.46. The third-order valence-corrected chi connectivity index (χ3v) is 4.65. The van der Waals surface area contributed by atoms with Crippen molar-refractivity contribution >= 4 is 26.2 Å². The molecule has 3 nitrogen and oxygen atoms in total. The molecule has 19 heavy (non-hydrogen) atoms. The van der Waals surface area contributed by atoms with Gasteiger partial charge in [-0.1, -0.05) is 12.1 Å². The van der Waals surface area contributed by atoms with Crippen LogP contribution < -0.4 is 0 Å². The van der Waals surface area contributed by atoms with Crippen molar-refractivity contribution in [2.75, 3.05) is 12.5 Å². The molecule has 0 bridgehead atoms. The predicted octanol–water partition coefficient (Wildman–Crippen LogP) is 3.66. The van der Waals surface area contributed by atoms with Crippen molar-refractivity contribution in [1.29, 1.82) is 0 Å². The van der Waals surface area contributed by atoms with E-state index in [9.17, 15) is 4.21 Å². The summed E-state index contributed by atoms with van der Waals surface area (Å²) in [5, 5.41) is 2.59. The lowest BCUT2D eigenvalue weighted by Gasteiger charge is -2.01. The Morgan fingerprint density at radius 3 is 2.84 bits per heavy atom. The van der Waals surface area contributed by atoms with Crippen molar-refractivity contribution in [2.24, 2.45) is 4.36 Å². The third kappa shape index (κ3) is 2.87. The molecule has 5 heteroatoms. The Kier molecular flexibility index (Phi) is 3.19. The molecule has 0 N–H and O–H groups in total. The fourth-order valence-corrected chi connectivity index (χ4v) is 4.04. The van der Waals surface area contributed by atoms with Crippen LogP contribution >= 0.6 is 11.3 Å². The number of fused-ring (bicyclic) bond motifs is 1. The second kappa shape index (κ2) is 4.72. The van der Waals surface area contributed by atoms with Crippen molar-refractivity contribution in [3.8, 4) is 11.3 Å². The van der Waals surface area contributed by atoms with Gasteiger partial charge in [0.1, 0.15) is 0 Å². The Morgan fingerprint density at radius 1 is 1.26 bits per heavy atom. The van der Waals surface area contributed by atoms with Gasteiger partial charge in [0.25, 0.3) is 0 Å². The highest BCUT2D eigenvalue weighted by molar-refractivity contribution is 7.92. The highest BCUT2D eigenvalue weighted by atomic mass is 32.2. The van der Waals surface area contributed by atoms with Crippen molar-refractivity contribution in [3.05, 3.63) is 34.7 Å². The Hall–Kier alpha value is -1.20. The van der Waals surface area contributed by atoms with E-state index in [0.29, 0.717) is 5.13 Å². The van der Waals surface area contributed by atoms with E-state index < -0.39 is 9.73 Å². The van der Waals surface area contributed by atoms with Gasteiger partial charge in [-0.05, 0) is 36.5 Å². The number of hydrogen-bond donors (Lipinski definition) is 0. The minimum Gasteiger partial charge on any atom is -0.250 e. The van der Waals surface area contributed by atoms with E-state index in [-0.39, 0.29) is 0 Å². The SMILES string of the molecule is CS(C)(=O)=Nc1nc(-c2ccc3c(c2)CCC3)cs1. The smallest absolute Gasteiger partial charge is 0.218 e. The molecule has 2 aromatic rings. The molecule has 0 atom stereocenters. The van der Waals surface area contributed by atoms with Gasteiger partial charge in [-0.3, -0.25) is 0 Å². The lowest BCUT2D eigenvalue weighted by atomic mass is 10.1. The first-order valence-corrected chi connectivity index (χ1v) is 9.47. The van der Waals surface area contributed by atoms with Crippen LogP contribution in [0.3, 0.4) is 0 Å². The average molecular weight is 292 g/mol. The second-order valence-corrected chi connectivity index (χ2v) is 8.51. The van der Waals surface area contributed by atoms with Crippen LogP contribution in [0, 0.1) is 0 Å². The van der Waals surface area contributed by atoms with Gasteiger partial charge < -0.3 is 0 Å². The number of aryl methyl sites for hydroxylation is 2. The van der Waals surface area contributed by atoms with E-state index in [0.717, 1.165) is 11.3 Å². The number of benzene rings is 1. The van der Waals surface area contributed by atoms with Crippen molar-refractivity contribution in [2.45, 2.75) is 19.3 Å². The summed E-state index contributed by atoms with van der Waals surface area (Å²) in [5.41, 5.74) is 4.98. The summed E-state index contributed by atoms with van der Waals surface area (Å²) in [6.45, 7) is 0. The summed E-state index contributed by atoms with van der Waals surface area (Å²) < 4.78 is 15.8. The standard InChI is InChI=1S/C14H16N2OS2/c1-19(2,17)16-14-15-13(9-18-14)12-7-6-10-4-3-5-11(10)8-12/h6-9H,3-5H2,1-2H3. The molecule has 1 aliphatic carbocycles. The van der Waals surface area contributed by atoms with Gasteiger partial charge in [-0.2, -0.15) is 4.36 Å². The van der Waals surface area contributed by atoms with E-state index in [4.69, 9.17) is 0 Å².